The normalized spacial score (nSPS) is 14.4. The molecule has 4 heteroatoms. The fourth-order valence-corrected chi connectivity index (χ4v) is 2.29. The summed E-state index contributed by atoms with van der Waals surface area (Å²) >= 11 is 0. The fraction of sp³-hybridized carbons (Fsp3) is 0.200. The average molecular weight is 253 g/mol. The highest BCUT2D eigenvalue weighted by Gasteiger charge is 2.21. The van der Waals surface area contributed by atoms with E-state index in [0.29, 0.717) is 12.1 Å². The van der Waals surface area contributed by atoms with E-state index in [1.165, 1.54) is 5.56 Å². The lowest BCUT2D eigenvalue weighted by Crippen LogP contribution is -2.23. The molecule has 1 aromatic heterocycles. The van der Waals surface area contributed by atoms with Gasteiger partial charge in [-0.25, -0.2) is 0 Å². The number of fused-ring (bicyclic) bond motifs is 1. The van der Waals surface area contributed by atoms with Gasteiger partial charge in [-0.2, -0.15) is 5.10 Å². The number of aromatic nitrogens is 2. The van der Waals surface area contributed by atoms with Crippen molar-refractivity contribution in [3.05, 3.63) is 59.8 Å². The molecule has 96 valence electrons. The summed E-state index contributed by atoms with van der Waals surface area (Å²) < 4.78 is 1.69. The molecule has 3 rings (SSSR count). The Morgan fingerprint density at radius 1 is 1.26 bits per heavy atom. The van der Waals surface area contributed by atoms with Gasteiger partial charge in [0.2, 0.25) is 0 Å². The highest BCUT2D eigenvalue weighted by molar-refractivity contribution is 6.08. The molecule has 4 nitrogen and oxygen atoms in total. The Hall–Kier alpha value is -2.36. The second-order valence-electron chi connectivity index (χ2n) is 4.67. The molecule has 2 aromatic rings. The largest absolute Gasteiger partial charge is 0.346 e. The van der Waals surface area contributed by atoms with Gasteiger partial charge in [-0.3, -0.25) is 9.48 Å². The highest BCUT2D eigenvalue weighted by Crippen LogP contribution is 2.23. The van der Waals surface area contributed by atoms with E-state index in [1.54, 1.807) is 17.0 Å². The van der Waals surface area contributed by atoms with E-state index in [2.05, 4.69) is 22.1 Å². The van der Waals surface area contributed by atoms with Crippen LogP contribution in [0.3, 0.4) is 0 Å². The molecule has 1 aliphatic heterocycles. The summed E-state index contributed by atoms with van der Waals surface area (Å²) in [6.07, 6.45) is 5.31. The van der Waals surface area contributed by atoms with Crippen molar-refractivity contribution in [2.45, 2.75) is 6.54 Å². The second kappa shape index (κ2) is 4.72. The molecule has 0 amide bonds. The van der Waals surface area contributed by atoms with Gasteiger partial charge in [-0.15, -0.1) is 0 Å². The first-order valence-corrected chi connectivity index (χ1v) is 6.27. The number of allylic oxidation sites excluding steroid dienone is 1. The topological polar surface area (TPSA) is 38.1 Å². The molecule has 0 spiro atoms. The third kappa shape index (κ3) is 2.29. The molecule has 1 aromatic carbocycles. The minimum absolute atomic E-state index is 0.0265. The summed E-state index contributed by atoms with van der Waals surface area (Å²) in [5.74, 6) is 0.792. The number of benzene rings is 1. The molecule has 0 N–H and O–H groups in total. The molecule has 1 aliphatic rings. The van der Waals surface area contributed by atoms with Crippen molar-refractivity contribution < 1.29 is 4.79 Å². The molecule has 0 radical (unpaired) electrons. The Bertz CT molecular complexity index is 628. The number of hydrogen-bond acceptors (Lipinski definition) is 3. The molecule has 0 atom stereocenters. The summed E-state index contributed by atoms with van der Waals surface area (Å²) in [5, 5.41) is 4.42. The van der Waals surface area contributed by atoms with E-state index in [-0.39, 0.29) is 5.78 Å². The second-order valence-corrected chi connectivity index (χ2v) is 4.67. The Labute approximate surface area is 112 Å². The van der Waals surface area contributed by atoms with Crippen LogP contribution in [-0.4, -0.2) is 22.1 Å². The van der Waals surface area contributed by atoms with Gasteiger partial charge in [0, 0.05) is 26.3 Å². The van der Waals surface area contributed by atoms with Crippen molar-refractivity contribution in [2.75, 3.05) is 11.4 Å². The van der Waals surface area contributed by atoms with Gasteiger partial charge < -0.3 is 4.90 Å². The number of hydrogen-bond donors (Lipinski definition) is 0. The van der Waals surface area contributed by atoms with Crippen LogP contribution in [0.5, 0.6) is 0 Å². The SMILES string of the molecule is Cn1cc2c(n1)N(Cc1ccccc1)CC=CC2=O. The Balaban J connectivity index is 1.96. The monoisotopic (exact) mass is 253 g/mol. The van der Waals surface area contributed by atoms with Crippen LogP contribution in [0.1, 0.15) is 15.9 Å². The first kappa shape index (κ1) is 11.7. The smallest absolute Gasteiger partial charge is 0.190 e. The third-order valence-electron chi connectivity index (χ3n) is 3.19. The maximum absolute atomic E-state index is 12.0. The van der Waals surface area contributed by atoms with E-state index in [0.717, 1.165) is 12.4 Å². The summed E-state index contributed by atoms with van der Waals surface area (Å²) in [6.45, 7) is 1.45. The summed E-state index contributed by atoms with van der Waals surface area (Å²) in [7, 11) is 1.84. The van der Waals surface area contributed by atoms with Gasteiger partial charge in [0.15, 0.2) is 11.6 Å². The van der Waals surface area contributed by atoms with Crippen LogP contribution in [0, 0.1) is 0 Å². The Kier molecular flexibility index (Phi) is 2.91. The van der Waals surface area contributed by atoms with Gasteiger partial charge >= 0.3 is 0 Å². The third-order valence-corrected chi connectivity index (χ3v) is 3.19. The predicted molar refractivity (Wildman–Crippen MR) is 74.2 cm³/mol. The summed E-state index contributed by atoms with van der Waals surface area (Å²) in [4.78, 5) is 14.1. The molecule has 0 unspecified atom stereocenters. The molecule has 0 aliphatic carbocycles. The van der Waals surface area contributed by atoms with Crippen LogP contribution >= 0.6 is 0 Å². The number of ketones is 1. The predicted octanol–water partition coefficient (Wildman–Crippen LogP) is 2.18. The minimum atomic E-state index is 0.0265. The molecule has 2 heterocycles. The van der Waals surface area contributed by atoms with Gasteiger partial charge in [-0.05, 0) is 11.6 Å². The maximum atomic E-state index is 12.0. The van der Waals surface area contributed by atoms with E-state index in [1.807, 2.05) is 31.3 Å². The molecular weight excluding hydrogens is 238 g/mol. The minimum Gasteiger partial charge on any atom is -0.346 e. The first-order chi connectivity index (χ1) is 9.24. The summed E-state index contributed by atoms with van der Waals surface area (Å²) in [6, 6.07) is 10.2. The molecule has 0 bridgehead atoms. The summed E-state index contributed by atoms with van der Waals surface area (Å²) in [5.41, 5.74) is 1.88. The molecule has 19 heavy (non-hydrogen) atoms. The lowest BCUT2D eigenvalue weighted by atomic mass is 10.2. The number of nitrogens with zero attached hydrogens (tertiary/aromatic N) is 3. The van der Waals surface area contributed by atoms with Crippen LogP contribution in [0.2, 0.25) is 0 Å². The van der Waals surface area contributed by atoms with E-state index in [9.17, 15) is 4.79 Å². The van der Waals surface area contributed by atoms with E-state index < -0.39 is 0 Å². The highest BCUT2D eigenvalue weighted by atomic mass is 16.1. The van der Waals surface area contributed by atoms with Crippen molar-refractivity contribution in [2.24, 2.45) is 7.05 Å². The zero-order chi connectivity index (χ0) is 13.2. The number of carbonyl (C=O) groups excluding carboxylic acids is 1. The number of rotatable bonds is 2. The van der Waals surface area contributed by atoms with Crippen molar-refractivity contribution in [3.8, 4) is 0 Å². The average Bonchev–Trinajstić information content (AvgIpc) is 2.75. The van der Waals surface area contributed by atoms with Crippen LogP contribution < -0.4 is 4.90 Å². The van der Waals surface area contributed by atoms with Gasteiger partial charge in [0.05, 0.1) is 5.56 Å². The molecule has 0 saturated heterocycles. The van der Waals surface area contributed by atoms with E-state index >= 15 is 0 Å². The number of aryl methyl sites for hydroxylation is 1. The Morgan fingerprint density at radius 2 is 2.05 bits per heavy atom. The van der Waals surface area contributed by atoms with Crippen molar-refractivity contribution in [3.63, 3.8) is 0 Å². The van der Waals surface area contributed by atoms with Crippen LogP contribution in [0.25, 0.3) is 0 Å². The quantitative estimate of drug-likeness (QED) is 0.823. The molecule has 0 fully saturated rings. The van der Waals surface area contributed by atoms with Gasteiger partial charge in [0.1, 0.15) is 0 Å². The lowest BCUT2D eigenvalue weighted by Gasteiger charge is -2.20. The van der Waals surface area contributed by atoms with Crippen molar-refractivity contribution in [1.82, 2.24) is 9.78 Å². The maximum Gasteiger partial charge on any atom is 0.190 e. The van der Waals surface area contributed by atoms with Crippen molar-refractivity contribution >= 4 is 11.6 Å². The zero-order valence-electron chi connectivity index (χ0n) is 10.8. The first-order valence-electron chi connectivity index (χ1n) is 6.27. The van der Waals surface area contributed by atoms with Gasteiger partial charge in [0.25, 0.3) is 0 Å². The molecular formula is C15H15N3O. The standard InChI is InChI=1S/C15H15N3O/c1-17-11-13-14(19)8-5-9-18(15(13)16-17)10-12-6-3-2-4-7-12/h2-8,11H,9-10H2,1H3. The zero-order valence-corrected chi connectivity index (χ0v) is 10.8. The Morgan fingerprint density at radius 3 is 2.84 bits per heavy atom. The van der Waals surface area contributed by atoms with Crippen LogP contribution in [-0.2, 0) is 13.6 Å². The van der Waals surface area contributed by atoms with Crippen molar-refractivity contribution in [1.29, 1.82) is 0 Å². The van der Waals surface area contributed by atoms with Crippen LogP contribution in [0.4, 0.5) is 5.82 Å². The number of anilines is 1. The fourth-order valence-electron chi connectivity index (χ4n) is 2.29. The number of carbonyl (C=O) groups is 1. The van der Waals surface area contributed by atoms with Gasteiger partial charge in [-0.1, -0.05) is 36.4 Å². The van der Waals surface area contributed by atoms with E-state index in [4.69, 9.17) is 0 Å². The molecule has 0 saturated carbocycles. The van der Waals surface area contributed by atoms with Crippen LogP contribution in [0.15, 0.2) is 48.7 Å². The lowest BCUT2D eigenvalue weighted by molar-refractivity contribution is 0.104.